The quantitative estimate of drug-likeness (QED) is 0.237. The standard InChI is InChI=1S/C25H36O16/c1-10-18(35-12(3)27)20(22(38-15(6)30)24(32-8)34-10)41-25-23(39-16(7)31)21(37-14(5)29)19(36-13(4)28)17(40-25)9-33-11(2)26/h10,17-25H,9H2,1-8H3/t10?,17?,18-,19+,20?,21?,22?,23?,24+,25+/m0/s1. The molecule has 0 spiro atoms. The highest BCUT2D eigenvalue weighted by Crippen LogP contribution is 2.35. The van der Waals surface area contributed by atoms with Gasteiger partial charge >= 0.3 is 35.8 Å². The molecule has 0 saturated carbocycles. The summed E-state index contributed by atoms with van der Waals surface area (Å²) in [5, 5.41) is 0. The van der Waals surface area contributed by atoms with E-state index in [0.717, 1.165) is 41.5 Å². The molecule has 0 radical (unpaired) electrons. The van der Waals surface area contributed by atoms with Gasteiger partial charge in [0.2, 0.25) is 0 Å². The van der Waals surface area contributed by atoms with Gasteiger partial charge in [0.25, 0.3) is 0 Å². The maximum absolute atomic E-state index is 12.1. The average Bonchev–Trinajstić information content (AvgIpc) is 2.83. The van der Waals surface area contributed by atoms with Crippen molar-refractivity contribution in [2.24, 2.45) is 0 Å². The number of carbonyl (C=O) groups excluding carboxylic acids is 6. The Balaban J connectivity index is 2.63. The fraction of sp³-hybridized carbons (Fsp3) is 0.760. The molecule has 0 aromatic rings. The van der Waals surface area contributed by atoms with E-state index in [0.29, 0.717) is 0 Å². The summed E-state index contributed by atoms with van der Waals surface area (Å²) in [5.41, 5.74) is 0. The molecule has 10 atom stereocenters. The van der Waals surface area contributed by atoms with E-state index in [-0.39, 0.29) is 0 Å². The van der Waals surface area contributed by atoms with Crippen LogP contribution in [0.2, 0.25) is 0 Å². The zero-order valence-electron chi connectivity index (χ0n) is 24.0. The SMILES string of the molecule is CO[C@@H]1OC(C)[C@H](OC(C)=O)C(O[C@H]2OC(COC(C)=O)[C@@H](OC(C)=O)C(OC(C)=O)C2OC(C)=O)C1OC(C)=O. The van der Waals surface area contributed by atoms with Gasteiger partial charge in [-0.1, -0.05) is 0 Å². The highest BCUT2D eigenvalue weighted by molar-refractivity contribution is 5.69. The number of esters is 6. The van der Waals surface area contributed by atoms with Crippen molar-refractivity contribution in [2.75, 3.05) is 13.7 Å². The first-order valence-electron chi connectivity index (χ1n) is 12.6. The Morgan fingerprint density at radius 3 is 1.44 bits per heavy atom. The molecule has 6 unspecified atom stereocenters. The van der Waals surface area contributed by atoms with Crippen LogP contribution in [0.25, 0.3) is 0 Å². The van der Waals surface area contributed by atoms with Crippen LogP contribution in [0.3, 0.4) is 0 Å². The molecular weight excluding hydrogens is 556 g/mol. The molecule has 2 saturated heterocycles. The molecule has 0 aromatic carbocycles. The van der Waals surface area contributed by atoms with Crippen LogP contribution in [-0.4, -0.2) is 111 Å². The van der Waals surface area contributed by atoms with E-state index in [1.165, 1.54) is 7.11 Å². The zero-order chi connectivity index (χ0) is 31.0. The van der Waals surface area contributed by atoms with E-state index in [1.807, 2.05) is 0 Å². The predicted octanol–water partition coefficient (Wildman–Crippen LogP) is -0.291. The Morgan fingerprint density at radius 2 is 0.976 bits per heavy atom. The molecule has 0 bridgehead atoms. The van der Waals surface area contributed by atoms with Gasteiger partial charge in [-0.15, -0.1) is 0 Å². The minimum atomic E-state index is -1.65. The summed E-state index contributed by atoms with van der Waals surface area (Å²) in [5.74, 6) is -4.69. The summed E-state index contributed by atoms with van der Waals surface area (Å²) in [6.45, 7) is 7.66. The lowest BCUT2D eigenvalue weighted by Gasteiger charge is -2.48. The summed E-state index contributed by atoms with van der Waals surface area (Å²) in [4.78, 5) is 71.8. The number of carbonyl (C=O) groups is 6. The van der Waals surface area contributed by atoms with Crippen LogP contribution in [0, 0.1) is 0 Å². The van der Waals surface area contributed by atoms with Gasteiger partial charge in [-0.2, -0.15) is 0 Å². The summed E-state index contributed by atoms with van der Waals surface area (Å²) in [6, 6.07) is 0. The number of ether oxygens (including phenoxy) is 10. The van der Waals surface area contributed by atoms with Crippen LogP contribution in [0.15, 0.2) is 0 Å². The molecule has 232 valence electrons. The molecule has 41 heavy (non-hydrogen) atoms. The molecule has 2 aliphatic rings. The Hall–Kier alpha value is -3.34. The Labute approximate surface area is 236 Å². The molecule has 0 amide bonds. The maximum atomic E-state index is 12.1. The second-order valence-electron chi connectivity index (χ2n) is 9.26. The van der Waals surface area contributed by atoms with Gasteiger partial charge in [0, 0.05) is 48.7 Å². The molecule has 0 aromatic heterocycles. The number of rotatable bonds is 10. The molecule has 2 aliphatic heterocycles. The lowest BCUT2D eigenvalue weighted by molar-refractivity contribution is -0.357. The molecule has 2 heterocycles. The Kier molecular flexibility index (Phi) is 12.4. The van der Waals surface area contributed by atoms with Crippen molar-refractivity contribution in [3.05, 3.63) is 0 Å². The largest absolute Gasteiger partial charge is 0.463 e. The minimum Gasteiger partial charge on any atom is -0.463 e. The van der Waals surface area contributed by atoms with E-state index in [9.17, 15) is 28.8 Å². The van der Waals surface area contributed by atoms with Crippen molar-refractivity contribution in [1.82, 2.24) is 0 Å². The van der Waals surface area contributed by atoms with Crippen LogP contribution in [0.1, 0.15) is 48.5 Å². The van der Waals surface area contributed by atoms with Crippen LogP contribution < -0.4 is 0 Å². The van der Waals surface area contributed by atoms with Crippen molar-refractivity contribution in [3.8, 4) is 0 Å². The summed E-state index contributed by atoms with van der Waals surface area (Å²) < 4.78 is 55.3. The lowest BCUT2D eigenvalue weighted by atomic mass is 9.96. The van der Waals surface area contributed by atoms with Crippen LogP contribution in [-0.2, 0) is 76.1 Å². The summed E-state index contributed by atoms with van der Waals surface area (Å²) in [6.07, 6.45) is -13.5. The average molecular weight is 593 g/mol. The number of hydrogen-bond donors (Lipinski definition) is 0. The van der Waals surface area contributed by atoms with Gasteiger partial charge < -0.3 is 47.4 Å². The third-order valence-electron chi connectivity index (χ3n) is 5.80. The third kappa shape index (κ3) is 9.62. The van der Waals surface area contributed by atoms with Crippen LogP contribution in [0.4, 0.5) is 0 Å². The second kappa shape index (κ2) is 15.0. The molecular formula is C25H36O16. The summed E-state index contributed by atoms with van der Waals surface area (Å²) >= 11 is 0. The van der Waals surface area contributed by atoms with Gasteiger partial charge in [0.15, 0.2) is 43.1 Å². The zero-order valence-corrected chi connectivity index (χ0v) is 24.0. The van der Waals surface area contributed by atoms with Gasteiger partial charge in [0.05, 0.1) is 6.10 Å². The predicted molar refractivity (Wildman–Crippen MR) is 129 cm³/mol. The minimum absolute atomic E-state index is 0.497. The van der Waals surface area contributed by atoms with Gasteiger partial charge in [-0.25, -0.2) is 0 Å². The molecule has 0 N–H and O–H groups in total. The normalized spacial score (nSPS) is 33.1. The van der Waals surface area contributed by atoms with E-state index in [4.69, 9.17) is 47.4 Å². The van der Waals surface area contributed by atoms with Crippen molar-refractivity contribution < 1.29 is 76.1 Å². The molecule has 16 nitrogen and oxygen atoms in total. The first kappa shape index (κ1) is 33.9. The molecule has 2 fully saturated rings. The molecule has 2 rings (SSSR count). The Morgan fingerprint density at radius 1 is 0.537 bits per heavy atom. The van der Waals surface area contributed by atoms with E-state index in [1.54, 1.807) is 6.92 Å². The first-order valence-corrected chi connectivity index (χ1v) is 12.6. The smallest absolute Gasteiger partial charge is 0.303 e. The van der Waals surface area contributed by atoms with E-state index < -0.39 is 104 Å². The van der Waals surface area contributed by atoms with Crippen LogP contribution in [0.5, 0.6) is 0 Å². The summed E-state index contributed by atoms with van der Waals surface area (Å²) in [7, 11) is 1.28. The van der Waals surface area contributed by atoms with Crippen molar-refractivity contribution in [2.45, 2.75) is 110 Å². The highest BCUT2D eigenvalue weighted by atomic mass is 16.8. The second-order valence-corrected chi connectivity index (χ2v) is 9.26. The highest BCUT2D eigenvalue weighted by Gasteiger charge is 2.57. The molecule has 16 heteroatoms. The van der Waals surface area contributed by atoms with E-state index in [2.05, 4.69) is 0 Å². The van der Waals surface area contributed by atoms with E-state index >= 15 is 0 Å². The molecule has 0 aliphatic carbocycles. The first-order chi connectivity index (χ1) is 19.1. The number of hydrogen-bond acceptors (Lipinski definition) is 16. The maximum Gasteiger partial charge on any atom is 0.303 e. The van der Waals surface area contributed by atoms with Gasteiger partial charge in [-0.3, -0.25) is 28.8 Å². The lowest BCUT2D eigenvalue weighted by Crippen LogP contribution is -2.66. The van der Waals surface area contributed by atoms with Crippen LogP contribution >= 0.6 is 0 Å². The van der Waals surface area contributed by atoms with Gasteiger partial charge in [0.1, 0.15) is 18.8 Å². The third-order valence-corrected chi connectivity index (χ3v) is 5.80. The fourth-order valence-electron chi connectivity index (χ4n) is 4.44. The topological polar surface area (TPSA) is 195 Å². The number of methoxy groups -OCH3 is 1. The monoisotopic (exact) mass is 592 g/mol. The Bertz CT molecular complexity index is 981. The van der Waals surface area contributed by atoms with Crippen molar-refractivity contribution in [3.63, 3.8) is 0 Å². The van der Waals surface area contributed by atoms with Crippen molar-refractivity contribution >= 4 is 35.8 Å². The van der Waals surface area contributed by atoms with Gasteiger partial charge in [-0.05, 0) is 6.92 Å². The van der Waals surface area contributed by atoms with Crippen molar-refractivity contribution in [1.29, 1.82) is 0 Å². The fourth-order valence-corrected chi connectivity index (χ4v) is 4.44.